The van der Waals surface area contributed by atoms with Crippen LogP contribution in [0.2, 0.25) is 0 Å². The molecule has 1 amide bonds. The summed E-state index contributed by atoms with van der Waals surface area (Å²) < 4.78 is 0. The van der Waals surface area contributed by atoms with Crippen LogP contribution >= 0.6 is 0 Å². The Morgan fingerprint density at radius 1 is 1.20 bits per heavy atom. The van der Waals surface area contributed by atoms with Crippen LogP contribution in [0.1, 0.15) is 44.9 Å². The summed E-state index contributed by atoms with van der Waals surface area (Å²) in [6.07, 6.45) is 6.29. The molecule has 2 saturated carbocycles. The van der Waals surface area contributed by atoms with Gasteiger partial charge in [-0.2, -0.15) is 0 Å². The van der Waals surface area contributed by atoms with E-state index in [1.165, 1.54) is 0 Å². The van der Waals surface area contributed by atoms with Gasteiger partial charge in [0, 0.05) is 6.54 Å². The minimum atomic E-state index is -0.671. The number of amides is 1. The Kier molecular flexibility index (Phi) is 2.73. The van der Waals surface area contributed by atoms with E-state index in [0.29, 0.717) is 6.54 Å². The number of carbonyl (C=O) groups excluding carboxylic acids is 1. The summed E-state index contributed by atoms with van der Waals surface area (Å²) in [6, 6.07) is 0. The van der Waals surface area contributed by atoms with Gasteiger partial charge in [-0.15, -0.1) is 0 Å². The van der Waals surface area contributed by atoms with Gasteiger partial charge in [-0.1, -0.05) is 12.8 Å². The second-order valence-corrected chi connectivity index (χ2v) is 5.12. The second kappa shape index (κ2) is 3.76. The lowest BCUT2D eigenvalue weighted by molar-refractivity contribution is -0.130. The van der Waals surface area contributed by atoms with Gasteiger partial charge in [0.05, 0.1) is 11.1 Å². The van der Waals surface area contributed by atoms with Gasteiger partial charge >= 0.3 is 0 Å². The lowest BCUT2D eigenvalue weighted by Crippen LogP contribution is -2.60. The summed E-state index contributed by atoms with van der Waals surface area (Å²) in [5, 5.41) is 12.8. The third-order valence-electron chi connectivity index (χ3n) is 3.81. The molecule has 0 aromatic carbocycles. The first-order chi connectivity index (χ1) is 7.04. The first-order valence-electron chi connectivity index (χ1n) is 5.84. The Hall–Kier alpha value is -0.610. The molecule has 0 aliphatic heterocycles. The second-order valence-electron chi connectivity index (χ2n) is 5.12. The summed E-state index contributed by atoms with van der Waals surface area (Å²) in [7, 11) is 0. The third kappa shape index (κ3) is 2.16. The summed E-state index contributed by atoms with van der Waals surface area (Å²) in [6.45, 7) is 0.366. The fraction of sp³-hybridized carbons (Fsp3) is 0.909. The van der Waals surface area contributed by atoms with Crippen molar-refractivity contribution in [3.63, 3.8) is 0 Å². The molecule has 0 heterocycles. The fourth-order valence-corrected chi connectivity index (χ4v) is 2.42. The molecular weight excluding hydrogens is 192 g/mol. The maximum absolute atomic E-state index is 11.7. The number of carbonyl (C=O) groups is 1. The predicted octanol–water partition coefficient (Wildman–Crippen LogP) is 0.289. The Morgan fingerprint density at radius 3 is 2.27 bits per heavy atom. The van der Waals surface area contributed by atoms with E-state index >= 15 is 0 Å². The van der Waals surface area contributed by atoms with E-state index in [1.807, 2.05) is 0 Å². The number of hydrogen-bond donors (Lipinski definition) is 3. The first-order valence-corrected chi connectivity index (χ1v) is 5.84. The molecule has 2 rings (SSSR count). The molecule has 4 heteroatoms. The number of aliphatic hydroxyl groups is 1. The zero-order valence-corrected chi connectivity index (χ0v) is 9.09. The Balaban J connectivity index is 1.80. The Bertz CT molecular complexity index is 255. The van der Waals surface area contributed by atoms with Crippen LogP contribution in [-0.2, 0) is 4.79 Å². The molecule has 2 aliphatic rings. The normalized spacial score (nSPS) is 27.1. The van der Waals surface area contributed by atoms with Gasteiger partial charge in [-0.05, 0) is 32.1 Å². The molecule has 2 aliphatic carbocycles. The van der Waals surface area contributed by atoms with Crippen molar-refractivity contribution >= 4 is 5.91 Å². The number of nitrogens with one attached hydrogen (secondary N) is 1. The summed E-state index contributed by atoms with van der Waals surface area (Å²) in [5.41, 5.74) is 4.57. The zero-order valence-electron chi connectivity index (χ0n) is 9.09. The highest BCUT2D eigenvalue weighted by Crippen LogP contribution is 2.31. The molecule has 0 atom stereocenters. The number of hydrogen-bond acceptors (Lipinski definition) is 3. The zero-order chi connectivity index (χ0) is 10.9. The SMILES string of the molecule is NC1(C(=O)NCC2(O)CCCC2)CCC1. The maximum Gasteiger partial charge on any atom is 0.240 e. The van der Waals surface area contributed by atoms with E-state index < -0.39 is 11.1 Å². The van der Waals surface area contributed by atoms with Gasteiger partial charge < -0.3 is 16.2 Å². The van der Waals surface area contributed by atoms with Gasteiger partial charge in [0.15, 0.2) is 0 Å². The van der Waals surface area contributed by atoms with Crippen LogP contribution in [-0.4, -0.2) is 28.7 Å². The lowest BCUT2D eigenvalue weighted by Gasteiger charge is -2.37. The van der Waals surface area contributed by atoms with Gasteiger partial charge in [0.1, 0.15) is 0 Å². The molecule has 0 aromatic rings. The molecule has 0 aromatic heterocycles. The van der Waals surface area contributed by atoms with Crippen LogP contribution in [0.25, 0.3) is 0 Å². The van der Waals surface area contributed by atoms with E-state index in [2.05, 4.69) is 5.32 Å². The van der Waals surface area contributed by atoms with Crippen LogP contribution in [0.4, 0.5) is 0 Å². The lowest BCUT2D eigenvalue weighted by atomic mass is 9.77. The Labute approximate surface area is 90.2 Å². The summed E-state index contributed by atoms with van der Waals surface area (Å²) >= 11 is 0. The van der Waals surface area contributed by atoms with E-state index in [4.69, 9.17) is 5.73 Å². The van der Waals surface area contributed by atoms with Crippen LogP contribution in [0.3, 0.4) is 0 Å². The molecule has 0 unspecified atom stereocenters. The predicted molar refractivity (Wildman–Crippen MR) is 57.2 cm³/mol. The fourth-order valence-electron chi connectivity index (χ4n) is 2.42. The highest BCUT2D eigenvalue weighted by Gasteiger charge is 2.41. The molecule has 0 bridgehead atoms. The average Bonchev–Trinajstić information content (AvgIpc) is 2.58. The van der Waals surface area contributed by atoms with Gasteiger partial charge in [-0.25, -0.2) is 0 Å². The smallest absolute Gasteiger partial charge is 0.240 e. The molecule has 0 saturated heterocycles. The molecule has 0 radical (unpaired) electrons. The first kappa shape index (κ1) is 10.9. The number of nitrogens with two attached hydrogens (primary N) is 1. The van der Waals surface area contributed by atoms with Crippen molar-refractivity contribution in [3.05, 3.63) is 0 Å². The van der Waals surface area contributed by atoms with Crippen molar-refractivity contribution in [2.24, 2.45) is 5.73 Å². The van der Waals surface area contributed by atoms with Crippen molar-refractivity contribution < 1.29 is 9.90 Å². The van der Waals surface area contributed by atoms with Crippen molar-refractivity contribution in [1.82, 2.24) is 5.32 Å². The quantitative estimate of drug-likeness (QED) is 0.629. The number of rotatable bonds is 3. The monoisotopic (exact) mass is 212 g/mol. The van der Waals surface area contributed by atoms with Crippen LogP contribution in [0.15, 0.2) is 0 Å². The third-order valence-corrected chi connectivity index (χ3v) is 3.81. The average molecular weight is 212 g/mol. The minimum absolute atomic E-state index is 0.0888. The molecule has 15 heavy (non-hydrogen) atoms. The van der Waals surface area contributed by atoms with Crippen LogP contribution in [0.5, 0.6) is 0 Å². The highest BCUT2D eigenvalue weighted by atomic mass is 16.3. The van der Waals surface area contributed by atoms with E-state index in [-0.39, 0.29) is 5.91 Å². The minimum Gasteiger partial charge on any atom is -0.388 e. The van der Waals surface area contributed by atoms with Gasteiger partial charge in [0.2, 0.25) is 5.91 Å². The summed E-state index contributed by atoms with van der Waals surface area (Å²) in [5.74, 6) is -0.0888. The van der Waals surface area contributed by atoms with E-state index in [1.54, 1.807) is 0 Å². The molecule has 0 spiro atoms. The largest absolute Gasteiger partial charge is 0.388 e. The standard InChI is InChI=1S/C11H20N2O2/c12-11(6-3-7-11)9(14)13-8-10(15)4-1-2-5-10/h15H,1-8,12H2,(H,13,14). The highest BCUT2D eigenvalue weighted by molar-refractivity contribution is 5.87. The van der Waals surface area contributed by atoms with Crippen molar-refractivity contribution in [1.29, 1.82) is 0 Å². The molecule has 2 fully saturated rings. The van der Waals surface area contributed by atoms with Crippen LogP contribution in [0, 0.1) is 0 Å². The van der Waals surface area contributed by atoms with Gasteiger partial charge in [0.25, 0.3) is 0 Å². The molecule has 86 valence electrons. The maximum atomic E-state index is 11.7. The molecular formula is C11H20N2O2. The van der Waals surface area contributed by atoms with Crippen molar-refractivity contribution in [2.75, 3.05) is 6.54 Å². The Morgan fingerprint density at radius 2 is 1.80 bits per heavy atom. The van der Waals surface area contributed by atoms with E-state index in [0.717, 1.165) is 44.9 Å². The van der Waals surface area contributed by atoms with Crippen molar-refractivity contribution in [3.8, 4) is 0 Å². The van der Waals surface area contributed by atoms with Crippen LogP contribution < -0.4 is 11.1 Å². The summed E-state index contributed by atoms with van der Waals surface area (Å²) in [4.78, 5) is 11.7. The van der Waals surface area contributed by atoms with Crippen molar-refractivity contribution in [2.45, 2.75) is 56.1 Å². The van der Waals surface area contributed by atoms with E-state index in [9.17, 15) is 9.90 Å². The molecule has 4 nitrogen and oxygen atoms in total. The molecule has 4 N–H and O–H groups in total. The van der Waals surface area contributed by atoms with Gasteiger partial charge in [-0.3, -0.25) is 4.79 Å². The topological polar surface area (TPSA) is 75.4 Å².